The van der Waals surface area contributed by atoms with Crippen LogP contribution in [0.4, 0.5) is 0 Å². The van der Waals surface area contributed by atoms with Crippen LogP contribution in [-0.2, 0) is 13.1 Å². The summed E-state index contributed by atoms with van der Waals surface area (Å²) in [7, 11) is 0. The SMILES string of the molecule is CC(C)CCn1ccc(CNC(C)(C)C)n1. The summed E-state index contributed by atoms with van der Waals surface area (Å²) in [5.74, 6) is 0.736. The molecule has 3 nitrogen and oxygen atoms in total. The van der Waals surface area contributed by atoms with Crippen LogP contribution in [0.2, 0.25) is 0 Å². The molecule has 1 aromatic rings. The Morgan fingerprint density at radius 1 is 1.38 bits per heavy atom. The van der Waals surface area contributed by atoms with Crippen molar-refractivity contribution in [1.29, 1.82) is 0 Å². The molecule has 0 bridgehead atoms. The summed E-state index contributed by atoms with van der Waals surface area (Å²) in [6.07, 6.45) is 3.26. The third-order valence-electron chi connectivity index (χ3n) is 2.43. The zero-order valence-electron chi connectivity index (χ0n) is 11.2. The lowest BCUT2D eigenvalue weighted by Gasteiger charge is -2.19. The van der Waals surface area contributed by atoms with E-state index >= 15 is 0 Å². The fraction of sp³-hybridized carbons (Fsp3) is 0.769. The molecule has 0 fully saturated rings. The molecule has 0 aliphatic rings. The van der Waals surface area contributed by atoms with E-state index in [4.69, 9.17) is 0 Å². The van der Waals surface area contributed by atoms with E-state index in [1.54, 1.807) is 0 Å². The van der Waals surface area contributed by atoms with Gasteiger partial charge in [-0.3, -0.25) is 4.68 Å². The number of aromatic nitrogens is 2. The van der Waals surface area contributed by atoms with E-state index in [-0.39, 0.29) is 5.54 Å². The zero-order valence-corrected chi connectivity index (χ0v) is 11.2. The molecule has 92 valence electrons. The normalized spacial score (nSPS) is 12.4. The van der Waals surface area contributed by atoms with Gasteiger partial charge in [-0.1, -0.05) is 13.8 Å². The molecule has 0 aromatic carbocycles. The van der Waals surface area contributed by atoms with E-state index in [1.165, 1.54) is 6.42 Å². The van der Waals surface area contributed by atoms with Crippen LogP contribution >= 0.6 is 0 Å². The highest BCUT2D eigenvalue weighted by atomic mass is 15.3. The Hall–Kier alpha value is -0.830. The summed E-state index contributed by atoms with van der Waals surface area (Å²) in [5, 5.41) is 7.98. The first kappa shape index (κ1) is 13.2. The summed E-state index contributed by atoms with van der Waals surface area (Å²) >= 11 is 0. The second-order valence-corrected chi connectivity index (χ2v) is 5.86. The topological polar surface area (TPSA) is 29.9 Å². The molecular formula is C13H25N3. The molecule has 0 aliphatic heterocycles. The average Bonchev–Trinajstić information content (AvgIpc) is 2.58. The summed E-state index contributed by atoms with van der Waals surface area (Å²) in [5.41, 5.74) is 1.28. The Balaban J connectivity index is 2.39. The molecule has 3 heteroatoms. The van der Waals surface area contributed by atoms with Crippen molar-refractivity contribution in [2.75, 3.05) is 0 Å². The third kappa shape index (κ3) is 5.31. The highest BCUT2D eigenvalue weighted by molar-refractivity contribution is 4.99. The Kier molecular flexibility index (Phi) is 4.54. The Labute approximate surface area is 99.2 Å². The highest BCUT2D eigenvalue weighted by Crippen LogP contribution is 2.05. The average molecular weight is 223 g/mol. The third-order valence-corrected chi connectivity index (χ3v) is 2.43. The van der Waals surface area contributed by atoms with E-state index in [9.17, 15) is 0 Å². The van der Waals surface area contributed by atoms with Gasteiger partial charge in [-0.05, 0) is 39.2 Å². The maximum absolute atomic E-state index is 4.54. The van der Waals surface area contributed by atoms with Crippen molar-refractivity contribution in [3.05, 3.63) is 18.0 Å². The summed E-state index contributed by atoms with van der Waals surface area (Å²) in [6.45, 7) is 12.9. The quantitative estimate of drug-likeness (QED) is 0.832. The highest BCUT2D eigenvalue weighted by Gasteiger charge is 2.09. The van der Waals surface area contributed by atoms with Crippen LogP contribution in [-0.4, -0.2) is 15.3 Å². The van der Waals surface area contributed by atoms with Gasteiger partial charge >= 0.3 is 0 Å². The van der Waals surface area contributed by atoms with Crippen LogP contribution in [0, 0.1) is 5.92 Å². The van der Waals surface area contributed by atoms with Crippen molar-refractivity contribution in [2.45, 2.75) is 59.7 Å². The molecule has 1 N–H and O–H groups in total. The monoisotopic (exact) mass is 223 g/mol. The molecule has 0 amide bonds. The minimum Gasteiger partial charge on any atom is -0.306 e. The van der Waals surface area contributed by atoms with E-state index in [2.05, 4.69) is 57.3 Å². The van der Waals surface area contributed by atoms with Crippen LogP contribution in [0.5, 0.6) is 0 Å². The summed E-state index contributed by atoms with van der Waals surface area (Å²) in [4.78, 5) is 0. The van der Waals surface area contributed by atoms with Crippen LogP contribution in [0.25, 0.3) is 0 Å². The fourth-order valence-electron chi connectivity index (χ4n) is 1.37. The van der Waals surface area contributed by atoms with Gasteiger partial charge in [-0.25, -0.2) is 0 Å². The molecule has 1 rings (SSSR count). The van der Waals surface area contributed by atoms with Gasteiger partial charge in [0.25, 0.3) is 0 Å². The molecule has 0 saturated carbocycles. The fourth-order valence-corrected chi connectivity index (χ4v) is 1.37. The number of rotatable bonds is 5. The molecule has 0 radical (unpaired) electrons. The first-order valence-corrected chi connectivity index (χ1v) is 6.14. The molecule has 0 unspecified atom stereocenters. The number of hydrogen-bond donors (Lipinski definition) is 1. The van der Waals surface area contributed by atoms with Crippen LogP contribution in [0.3, 0.4) is 0 Å². The summed E-state index contributed by atoms with van der Waals surface area (Å²) < 4.78 is 2.04. The Morgan fingerprint density at radius 3 is 2.62 bits per heavy atom. The zero-order chi connectivity index (χ0) is 12.2. The van der Waals surface area contributed by atoms with Crippen molar-refractivity contribution < 1.29 is 0 Å². The van der Waals surface area contributed by atoms with Gasteiger partial charge in [-0.2, -0.15) is 5.10 Å². The van der Waals surface area contributed by atoms with Crippen molar-refractivity contribution in [3.63, 3.8) is 0 Å². The predicted molar refractivity (Wildman–Crippen MR) is 68.3 cm³/mol. The standard InChI is InChI=1S/C13H25N3/c1-11(2)6-8-16-9-7-12(15-16)10-14-13(3,4)5/h7,9,11,14H,6,8,10H2,1-5H3. The van der Waals surface area contributed by atoms with Crippen molar-refractivity contribution >= 4 is 0 Å². The maximum atomic E-state index is 4.54. The van der Waals surface area contributed by atoms with Gasteiger partial charge in [0.1, 0.15) is 0 Å². The lowest BCUT2D eigenvalue weighted by atomic mass is 10.1. The van der Waals surface area contributed by atoms with E-state index < -0.39 is 0 Å². The first-order valence-electron chi connectivity index (χ1n) is 6.14. The van der Waals surface area contributed by atoms with E-state index in [0.29, 0.717) is 0 Å². The summed E-state index contributed by atoms with van der Waals surface area (Å²) in [6, 6.07) is 2.10. The maximum Gasteiger partial charge on any atom is 0.0762 e. The second kappa shape index (κ2) is 5.48. The van der Waals surface area contributed by atoms with Gasteiger partial charge < -0.3 is 5.32 Å². The van der Waals surface area contributed by atoms with E-state index in [0.717, 1.165) is 24.7 Å². The van der Waals surface area contributed by atoms with Gasteiger partial charge in [0, 0.05) is 24.8 Å². The first-order chi connectivity index (χ1) is 7.37. The van der Waals surface area contributed by atoms with Gasteiger partial charge in [-0.15, -0.1) is 0 Å². The molecule has 1 aromatic heterocycles. The molecule has 16 heavy (non-hydrogen) atoms. The molecule has 0 aliphatic carbocycles. The molecular weight excluding hydrogens is 198 g/mol. The van der Waals surface area contributed by atoms with Crippen molar-refractivity contribution in [1.82, 2.24) is 15.1 Å². The lowest BCUT2D eigenvalue weighted by molar-refractivity contribution is 0.417. The van der Waals surface area contributed by atoms with Crippen molar-refractivity contribution in [3.8, 4) is 0 Å². The number of nitrogens with zero attached hydrogens (tertiary/aromatic N) is 2. The van der Waals surface area contributed by atoms with Gasteiger partial charge in [0.2, 0.25) is 0 Å². The Bertz CT molecular complexity index is 307. The predicted octanol–water partition coefficient (Wildman–Crippen LogP) is 2.82. The molecule has 0 atom stereocenters. The van der Waals surface area contributed by atoms with Crippen LogP contribution < -0.4 is 5.32 Å². The molecule has 0 spiro atoms. The van der Waals surface area contributed by atoms with E-state index in [1.807, 2.05) is 4.68 Å². The smallest absolute Gasteiger partial charge is 0.0762 e. The lowest BCUT2D eigenvalue weighted by Crippen LogP contribution is -2.35. The van der Waals surface area contributed by atoms with Crippen LogP contribution in [0.1, 0.15) is 46.7 Å². The minimum atomic E-state index is 0.154. The number of nitrogens with one attached hydrogen (secondary N) is 1. The minimum absolute atomic E-state index is 0.154. The Morgan fingerprint density at radius 2 is 2.06 bits per heavy atom. The largest absolute Gasteiger partial charge is 0.306 e. The molecule has 0 saturated heterocycles. The van der Waals surface area contributed by atoms with Crippen LogP contribution in [0.15, 0.2) is 12.3 Å². The second-order valence-electron chi connectivity index (χ2n) is 5.86. The molecule has 1 heterocycles. The van der Waals surface area contributed by atoms with Crippen molar-refractivity contribution in [2.24, 2.45) is 5.92 Å². The number of aryl methyl sites for hydroxylation is 1. The number of hydrogen-bond acceptors (Lipinski definition) is 2. The van der Waals surface area contributed by atoms with Gasteiger partial charge in [0.05, 0.1) is 5.69 Å². The van der Waals surface area contributed by atoms with Gasteiger partial charge in [0.15, 0.2) is 0 Å².